The van der Waals surface area contributed by atoms with E-state index >= 15 is 0 Å². The van der Waals surface area contributed by atoms with Crippen LogP contribution in [0.4, 0.5) is 0 Å². The minimum Gasteiger partial charge on any atom is -0.472 e. The van der Waals surface area contributed by atoms with Crippen LogP contribution in [0.3, 0.4) is 0 Å². The zero-order valence-corrected chi connectivity index (χ0v) is 14.7. The fraction of sp³-hybridized carbons (Fsp3) is 0.700. The predicted octanol–water partition coefficient (Wildman–Crippen LogP) is 3.73. The molecule has 1 aromatic rings. The summed E-state index contributed by atoms with van der Waals surface area (Å²) < 4.78 is 17.3. The van der Waals surface area contributed by atoms with Gasteiger partial charge in [0.05, 0.1) is 22.8 Å². The molecule has 3 bridgehead atoms. The zero-order valence-electron chi connectivity index (χ0n) is 14.7. The molecule has 0 amide bonds. The van der Waals surface area contributed by atoms with E-state index in [0.717, 1.165) is 32.1 Å². The van der Waals surface area contributed by atoms with Crippen LogP contribution in [0, 0.1) is 22.7 Å². The summed E-state index contributed by atoms with van der Waals surface area (Å²) in [5.74, 6) is 0.314. The highest BCUT2D eigenvalue weighted by atomic mass is 16.7. The largest absolute Gasteiger partial charge is 0.472 e. The topological polar surface area (TPSA) is 65.7 Å². The Morgan fingerprint density at radius 2 is 2.12 bits per heavy atom. The maximum atomic E-state index is 12.8. The third-order valence-electron chi connectivity index (χ3n) is 7.77. The Balaban J connectivity index is 1.58. The van der Waals surface area contributed by atoms with E-state index in [0.29, 0.717) is 12.0 Å². The second kappa shape index (κ2) is 4.76. The molecule has 0 radical (unpaired) electrons. The van der Waals surface area contributed by atoms with Crippen LogP contribution >= 0.6 is 0 Å². The van der Waals surface area contributed by atoms with Crippen LogP contribution in [0.5, 0.6) is 0 Å². The fourth-order valence-electron chi connectivity index (χ4n) is 6.57. The van der Waals surface area contributed by atoms with Gasteiger partial charge in [-0.2, -0.15) is 0 Å². The second-order valence-corrected chi connectivity index (χ2v) is 8.83. The number of carbonyl (C=O) groups is 2. The van der Waals surface area contributed by atoms with Crippen molar-refractivity contribution in [1.29, 1.82) is 0 Å². The van der Waals surface area contributed by atoms with Gasteiger partial charge in [0.25, 0.3) is 0 Å². The Bertz CT molecular complexity index is 739. The van der Waals surface area contributed by atoms with Crippen LogP contribution < -0.4 is 0 Å². The quantitative estimate of drug-likeness (QED) is 0.617. The van der Waals surface area contributed by atoms with Crippen molar-refractivity contribution in [3.8, 4) is 0 Å². The number of ether oxygens (including phenoxy) is 2. The lowest BCUT2D eigenvalue weighted by atomic mass is 9.44. The van der Waals surface area contributed by atoms with Crippen LogP contribution in [-0.2, 0) is 14.3 Å². The van der Waals surface area contributed by atoms with Gasteiger partial charge in [-0.25, -0.2) is 0 Å². The van der Waals surface area contributed by atoms with Crippen molar-refractivity contribution in [2.75, 3.05) is 0 Å². The highest BCUT2D eigenvalue weighted by Crippen LogP contribution is 2.72. The summed E-state index contributed by atoms with van der Waals surface area (Å²) in [7, 11) is 0. The van der Waals surface area contributed by atoms with Crippen molar-refractivity contribution in [2.45, 2.75) is 64.3 Å². The SMILES string of the molecule is C[C@]12CCC[C@]34[C@@H](OC1=O)O[C@@](C)(CC[C@H]32)[C@@H]4CC(=O)c1ccoc1. The second-order valence-electron chi connectivity index (χ2n) is 8.83. The molecule has 25 heavy (non-hydrogen) atoms. The molecule has 5 rings (SSSR count). The molecule has 4 aliphatic rings. The zero-order chi connectivity index (χ0) is 17.4. The predicted molar refractivity (Wildman–Crippen MR) is 87.6 cm³/mol. The number of ketones is 1. The molecule has 2 saturated carbocycles. The summed E-state index contributed by atoms with van der Waals surface area (Å²) in [6, 6.07) is 1.72. The van der Waals surface area contributed by atoms with Crippen molar-refractivity contribution in [3.63, 3.8) is 0 Å². The lowest BCUT2D eigenvalue weighted by Crippen LogP contribution is -2.63. The molecule has 2 saturated heterocycles. The monoisotopic (exact) mass is 344 g/mol. The van der Waals surface area contributed by atoms with Gasteiger partial charge in [0.15, 0.2) is 5.78 Å². The maximum Gasteiger partial charge on any atom is 0.314 e. The van der Waals surface area contributed by atoms with E-state index in [2.05, 4.69) is 13.8 Å². The van der Waals surface area contributed by atoms with Gasteiger partial charge in [-0.05, 0) is 51.5 Å². The van der Waals surface area contributed by atoms with Crippen LogP contribution in [0.1, 0.15) is 62.7 Å². The Hall–Kier alpha value is -1.62. The van der Waals surface area contributed by atoms with E-state index in [-0.39, 0.29) is 29.0 Å². The smallest absolute Gasteiger partial charge is 0.314 e. The van der Waals surface area contributed by atoms with Crippen LogP contribution in [0.2, 0.25) is 0 Å². The first-order chi connectivity index (χ1) is 11.9. The van der Waals surface area contributed by atoms with Crippen molar-refractivity contribution in [2.24, 2.45) is 22.7 Å². The first kappa shape index (κ1) is 15.6. The summed E-state index contributed by atoms with van der Waals surface area (Å²) in [6.45, 7) is 4.16. The van der Waals surface area contributed by atoms with Gasteiger partial charge in [-0.15, -0.1) is 0 Å². The Kier molecular flexibility index (Phi) is 2.97. The van der Waals surface area contributed by atoms with E-state index in [1.807, 2.05) is 0 Å². The average Bonchev–Trinajstić information content (AvgIpc) is 3.14. The van der Waals surface area contributed by atoms with Gasteiger partial charge in [0.2, 0.25) is 6.29 Å². The molecule has 0 aromatic carbocycles. The van der Waals surface area contributed by atoms with Gasteiger partial charge >= 0.3 is 5.97 Å². The number of hydrogen-bond donors (Lipinski definition) is 0. The van der Waals surface area contributed by atoms with Crippen molar-refractivity contribution < 1.29 is 23.5 Å². The number of esters is 1. The number of rotatable bonds is 3. The standard InChI is InChI=1S/C20H24O5/c1-18-6-3-7-20-14(18)4-8-19(2,25-17(20)24-16(18)22)15(20)10-13(21)12-5-9-23-11-12/h5,9,11,14-15,17H,3-4,6-8,10H2,1-2H3/t14-,15-,17-,18+,19-,20-/m0/s1. The maximum absolute atomic E-state index is 12.8. The van der Waals surface area contributed by atoms with Gasteiger partial charge in [0, 0.05) is 17.8 Å². The Morgan fingerprint density at radius 1 is 1.28 bits per heavy atom. The molecule has 2 aliphatic carbocycles. The molecule has 5 nitrogen and oxygen atoms in total. The van der Waals surface area contributed by atoms with Gasteiger partial charge in [-0.1, -0.05) is 6.42 Å². The molecule has 5 heteroatoms. The van der Waals surface area contributed by atoms with E-state index in [1.165, 1.54) is 12.5 Å². The van der Waals surface area contributed by atoms with Gasteiger partial charge < -0.3 is 13.9 Å². The summed E-state index contributed by atoms with van der Waals surface area (Å²) in [5.41, 5.74) is -0.428. The highest BCUT2D eigenvalue weighted by Gasteiger charge is 2.75. The molecular formula is C20H24O5. The van der Waals surface area contributed by atoms with E-state index in [4.69, 9.17) is 13.9 Å². The summed E-state index contributed by atoms with van der Waals surface area (Å²) in [6.07, 6.45) is 7.69. The van der Waals surface area contributed by atoms with Crippen LogP contribution in [-0.4, -0.2) is 23.6 Å². The van der Waals surface area contributed by atoms with Crippen LogP contribution in [0.25, 0.3) is 0 Å². The minimum atomic E-state index is -0.493. The number of furan rings is 1. The number of hydrogen-bond acceptors (Lipinski definition) is 5. The van der Waals surface area contributed by atoms with Crippen molar-refractivity contribution in [1.82, 2.24) is 0 Å². The minimum absolute atomic E-state index is 0.0823. The first-order valence-corrected chi connectivity index (χ1v) is 9.34. The van der Waals surface area contributed by atoms with Crippen molar-refractivity contribution >= 4 is 11.8 Å². The molecule has 4 fully saturated rings. The third kappa shape index (κ3) is 1.77. The number of fused-ring (bicyclic) bond motifs is 1. The van der Waals surface area contributed by atoms with E-state index in [9.17, 15) is 9.59 Å². The number of carbonyl (C=O) groups excluding carboxylic acids is 2. The molecular weight excluding hydrogens is 320 g/mol. The number of Topliss-reactive ketones (excluding diaryl/α,β-unsaturated/α-hetero) is 1. The third-order valence-corrected chi connectivity index (χ3v) is 7.77. The average molecular weight is 344 g/mol. The molecule has 1 aromatic heterocycles. The molecule has 2 aliphatic heterocycles. The van der Waals surface area contributed by atoms with Gasteiger partial charge in [-0.3, -0.25) is 9.59 Å². The molecule has 0 unspecified atom stereocenters. The first-order valence-electron chi connectivity index (χ1n) is 9.34. The molecule has 3 heterocycles. The van der Waals surface area contributed by atoms with E-state index in [1.54, 1.807) is 6.07 Å². The van der Waals surface area contributed by atoms with Crippen LogP contribution in [0.15, 0.2) is 23.0 Å². The lowest BCUT2D eigenvalue weighted by molar-refractivity contribution is -0.252. The van der Waals surface area contributed by atoms with E-state index < -0.39 is 17.3 Å². The Labute approximate surface area is 147 Å². The summed E-state index contributed by atoms with van der Waals surface area (Å²) in [4.78, 5) is 25.5. The van der Waals surface area contributed by atoms with Crippen molar-refractivity contribution in [3.05, 3.63) is 24.2 Å². The summed E-state index contributed by atoms with van der Waals surface area (Å²) >= 11 is 0. The lowest BCUT2D eigenvalue weighted by Gasteiger charge is -2.60. The molecule has 1 spiro atoms. The summed E-state index contributed by atoms with van der Waals surface area (Å²) in [5, 5.41) is 0. The Morgan fingerprint density at radius 3 is 2.88 bits per heavy atom. The van der Waals surface area contributed by atoms with Gasteiger partial charge in [0.1, 0.15) is 6.26 Å². The normalized spacial score (nSPS) is 47.4. The molecule has 134 valence electrons. The molecule has 6 atom stereocenters. The molecule has 0 N–H and O–H groups in total. The fourth-order valence-corrected chi connectivity index (χ4v) is 6.57. The highest BCUT2D eigenvalue weighted by molar-refractivity contribution is 5.96.